The zero-order chi connectivity index (χ0) is 12.5. The molecule has 0 atom stereocenters. The van der Waals surface area contributed by atoms with Gasteiger partial charge in [0, 0.05) is 0 Å². The van der Waals surface area contributed by atoms with E-state index < -0.39 is 29.0 Å². The van der Waals surface area contributed by atoms with Crippen LogP contribution in [0.25, 0.3) is 0 Å². The first-order chi connectivity index (χ1) is 7.34. The van der Waals surface area contributed by atoms with Gasteiger partial charge in [0.1, 0.15) is 5.15 Å². The van der Waals surface area contributed by atoms with Gasteiger partial charge in [-0.05, 0) is 13.0 Å². The van der Waals surface area contributed by atoms with Crippen molar-refractivity contribution in [3.05, 3.63) is 28.0 Å². The Morgan fingerprint density at radius 2 is 1.75 bits per heavy atom. The highest BCUT2D eigenvalue weighted by atomic mass is 35.5. The van der Waals surface area contributed by atoms with E-state index in [-0.39, 0.29) is 10.7 Å². The predicted molar refractivity (Wildman–Crippen MR) is 53.2 cm³/mol. The third-order valence-corrected chi connectivity index (χ3v) is 2.08. The molecule has 0 spiro atoms. The van der Waals surface area contributed by atoms with Crippen molar-refractivity contribution in [3.8, 4) is 0 Å². The Kier molecular flexibility index (Phi) is 3.24. The van der Waals surface area contributed by atoms with Crippen LogP contribution in [0.4, 0.5) is 0 Å². The number of pyridine rings is 1. The van der Waals surface area contributed by atoms with E-state index in [2.05, 4.69) is 4.98 Å². The van der Waals surface area contributed by atoms with E-state index >= 15 is 0 Å². The van der Waals surface area contributed by atoms with E-state index in [0.29, 0.717) is 0 Å². The number of hydrogen-bond donors (Lipinski definition) is 2. The summed E-state index contributed by atoms with van der Waals surface area (Å²) < 4.78 is 0. The maximum Gasteiger partial charge on any atom is 0.355 e. The van der Waals surface area contributed by atoms with Gasteiger partial charge in [-0.25, -0.2) is 14.6 Å². The van der Waals surface area contributed by atoms with Crippen LogP contribution in [0.3, 0.4) is 0 Å². The molecule has 1 aromatic heterocycles. The largest absolute Gasteiger partial charge is 0.478 e. The molecule has 0 radical (unpaired) electrons. The van der Waals surface area contributed by atoms with Gasteiger partial charge < -0.3 is 10.2 Å². The summed E-state index contributed by atoms with van der Waals surface area (Å²) in [5.74, 6) is -3.49. The second kappa shape index (κ2) is 4.28. The van der Waals surface area contributed by atoms with Crippen LogP contribution in [0.15, 0.2) is 6.07 Å². The Morgan fingerprint density at radius 3 is 2.12 bits per heavy atom. The number of rotatable bonds is 3. The minimum Gasteiger partial charge on any atom is -0.478 e. The minimum atomic E-state index is -1.52. The van der Waals surface area contributed by atoms with Gasteiger partial charge in [0.15, 0.2) is 11.5 Å². The number of aromatic nitrogens is 1. The van der Waals surface area contributed by atoms with Gasteiger partial charge >= 0.3 is 11.9 Å². The van der Waals surface area contributed by atoms with Crippen molar-refractivity contribution in [2.75, 3.05) is 0 Å². The lowest BCUT2D eigenvalue weighted by atomic mass is 10.1. The number of carbonyl (C=O) groups is 3. The van der Waals surface area contributed by atoms with Gasteiger partial charge in [0.05, 0.1) is 11.1 Å². The van der Waals surface area contributed by atoms with Crippen molar-refractivity contribution in [3.63, 3.8) is 0 Å². The van der Waals surface area contributed by atoms with Crippen molar-refractivity contribution in [2.45, 2.75) is 6.92 Å². The summed E-state index contributed by atoms with van der Waals surface area (Å²) in [5, 5.41) is 17.1. The molecular formula is C9H6ClNO5. The second-order valence-electron chi connectivity index (χ2n) is 2.89. The van der Waals surface area contributed by atoms with E-state index in [0.717, 1.165) is 6.07 Å². The standard InChI is InChI=1S/C9H6ClNO5/c1-3(12)4-2-5(8(13)14)6(9(15)16)11-7(4)10/h2H,1H3,(H,13,14)(H,15,16). The number of carboxylic acid groups (broad SMARTS) is 2. The molecular weight excluding hydrogens is 238 g/mol. The second-order valence-corrected chi connectivity index (χ2v) is 3.25. The third kappa shape index (κ3) is 2.17. The number of aromatic carboxylic acids is 2. The average Bonchev–Trinajstić information content (AvgIpc) is 2.15. The van der Waals surface area contributed by atoms with Crippen LogP contribution in [0.2, 0.25) is 5.15 Å². The summed E-state index contributed by atoms with van der Waals surface area (Å²) in [4.78, 5) is 35.9. The highest BCUT2D eigenvalue weighted by Gasteiger charge is 2.22. The average molecular weight is 244 g/mol. The van der Waals surface area contributed by atoms with Crippen LogP contribution >= 0.6 is 11.6 Å². The first-order valence-corrected chi connectivity index (χ1v) is 4.40. The van der Waals surface area contributed by atoms with Crippen LogP contribution < -0.4 is 0 Å². The lowest BCUT2D eigenvalue weighted by Gasteiger charge is -2.04. The van der Waals surface area contributed by atoms with Gasteiger partial charge in [0.2, 0.25) is 0 Å². The molecule has 0 unspecified atom stereocenters. The van der Waals surface area contributed by atoms with Crippen molar-refractivity contribution >= 4 is 29.3 Å². The molecule has 1 aromatic rings. The van der Waals surface area contributed by atoms with Crippen LogP contribution in [-0.4, -0.2) is 32.9 Å². The number of nitrogens with zero attached hydrogens (tertiary/aromatic N) is 1. The van der Waals surface area contributed by atoms with Gasteiger partial charge in [-0.15, -0.1) is 0 Å². The topological polar surface area (TPSA) is 105 Å². The smallest absolute Gasteiger partial charge is 0.355 e. The molecule has 0 amide bonds. The highest BCUT2D eigenvalue weighted by Crippen LogP contribution is 2.18. The van der Waals surface area contributed by atoms with Gasteiger partial charge in [-0.2, -0.15) is 0 Å². The van der Waals surface area contributed by atoms with Gasteiger partial charge in [-0.3, -0.25) is 4.79 Å². The van der Waals surface area contributed by atoms with E-state index in [1.165, 1.54) is 6.92 Å². The zero-order valence-corrected chi connectivity index (χ0v) is 8.78. The molecule has 0 bridgehead atoms. The maximum absolute atomic E-state index is 11.1. The normalized spacial score (nSPS) is 9.88. The van der Waals surface area contributed by atoms with Crippen LogP contribution in [-0.2, 0) is 0 Å². The monoisotopic (exact) mass is 243 g/mol. The molecule has 7 heteroatoms. The third-order valence-electron chi connectivity index (χ3n) is 1.79. The van der Waals surface area contributed by atoms with Gasteiger partial charge in [-0.1, -0.05) is 11.6 Å². The van der Waals surface area contributed by atoms with E-state index in [1.807, 2.05) is 0 Å². The Morgan fingerprint density at radius 1 is 1.19 bits per heavy atom. The molecule has 84 valence electrons. The molecule has 0 fully saturated rings. The summed E-state index contributed by atoms with van der Waals surface area (Å²) in [6.07, 6.45) is 0. The zero-order valence-electron chi connectivity index (χ0n) is 8.02. The number of ketones is 1. The van der Waals surface area contributed by atoms with Crippen molar-refractivity contribution in [1.29, 1.82) is 0 Å². The molecule has 0 aliphatic heterocycles. The van der Waals surface area contributed by atoms with Crippen molar-refractivity contribution < 1.29 is 24.6 Å². The quantitative estimate of drug-likeness (QED) is 0.613. The molecule has 0 aliphatic carbocycles. The summed E-state index contributed by atoms with van der Waals surface area (Å²) >= 11 is 5.56. The fourth-order valence-electron chi connectivity index (χ4n) is 1.06. The van der Waals surface area contributed by atoms with Gasteiger partial charge in [0.25, 0.3) is 0 Å². The van der Waals surface area contributed by atoms with E-state index in [9.17, 15) is 14.4 Å². The summed E-state index contributed by atoms with van der Waals surface area (Å²) in [5.41, 5.74) is -1.38. The SMILES string of the molecule is CC(=O)c1cc(C(=O)O)c(C(=O)O)nc1Cl. The fourth-order valence-corrected chi connectivity index (χ4v) is 1.34. The number of Topliss-reactive ketones (excluding diaryl/α,β-unsaturated/α-hetero) is 1. The Balaban J connectivity index is 3.55. The molecule has 1 heterocycles. The summed E-state index contributed by atoms with van der Waals surface area (Å²) in [6.45, 7) is 1.18. The highest BCUT2D eigenvalue weighted by molar-refractivity contribution is 6.33. The first-order valence-electron chi connectivity index (χ1n) is 4.02. The summed E-state index contributed by atoms with van der Waals surface area (Å²) in [6, 6.07) is 0.906. The Bertz CT molecular complexity index is 497. The predicted octanol–water partition coefficient (Wildman–Crippen LogP) is 1.33. The number of halogens is 1. The number of carbonyl (C=O) groups excluding carboxylic acids is 1. The van der Waals surface area contributed by atoms with Crippen LogP contribution in [0.1, 0.15) is 38.1 Å². The molecule has 1 rings (SSSR count). The number of carboxylic acids is 2. The first kappa shape index (κ1) is 12.1. The van der Waals surface area contributed by atoms with E-state index in [4.69, 9.17) is 21.8 Å². The summed E-state index contributed by atoms with van der Waals surface area (Å²) in [7, 11) is 0. The fraction of sp³-hybridized carbons (Fsp3) is 0.111. The molecule has 0 aliphatic rings. The van der Waals surface area contributed by atoms with E-state index in [1.54, 1.807) is 0 Å². The van der Waals surface area contributed by atoms with Crippen molar-refractivity contribution in [2.24, 2.45) is 0 Å². The van der Waals surface area contributed by atoms with Crippen LogP contribution in [0.5, 0.6) is 0 Å². The Labute approximate surface area is 94.5 Å². The lowest BCUT2D eigenvalue weighted by molar-refractivity contribution is 0.0646. The number of hydrogen-bond acceptors (Lipinski definition) is 4. The lowest BCUT2D eigenvalue weighted by Crippen LogP contribution is -2.13. The van der Waals surface area contributed by atoms with Crippen LogP contribution in [0, 0.1) is 0 Å². The van der Waals surface area contributed by atoms with Crippen molar-refractivity contribution in [1.82, 2.24) is 4.98 Å². The molecule has 0 saturated carbocycles. The maximum atomic E-state index is 11.1. The molecule has 0 saturated heterocycles. The Hall–Kier alpha value is -1.95. The molecule has 2 N–H and O–H groups in total. The molecule has 0 aromatic carbocycles. The minimum absolute atomic E-state index is 0.121. The molecule has 16 heavy (non-hydrogen) atoms. The molecule has 6 nitrogen and oxygen atoms in total.